The molecule has 2 N–H and O–H groups in total. The quantitative estimate of drug-likeness (QED) is 0.168. The minimum atomic E-state index is -4.24. The lowest BCUT2D eigenvalue weighted by Crippen LogP contribution is -2.59. The molecule has 0 bridgehead atoms. The number of fused-ring (bicyclic) bond motifs is 12. The van der Waals surface area contributed by atoms with Crippen molar-refractivity contribution in [3.63, 3.8) is 0 Å². The van der Waals surface area contributed by atoms with Crippen molar-refractivity contribution < 1.29 is 27.5 Å². The number of azo groups is 2. The fourth-order valence-electron chi connectivity index (χ4n) is 14.3. The molecule has 2 saturated carbocycles. The van der Waals surface area contributed by atoms with E-state index in [0.717, 1.165) is 77.6 Å². The van der Waals surface area contributed by atoms with Crippen LogP contribution in [0, 0.1) is 11.8 Å². The van der Waals surface area contributed by atoms with E-state index in [9.17, 15) is 9.59 Å². The number of methoxy groups -OCH3 is 2. The van der Waals surface area contributed by atoms with Gasteiger partial charge in [0.1, 0.15) is 11.1 Å². The summed E-state index contributed by atoms with van der Waals surface area (Å²) in [5.41, 5.74) is 6.87. The van der Waals surface area contributed by atoms with E-state index in [2.05, 4.69) is 51.9 Å². The lowest BCUT2D eigenvalue weighted by atomic mass is 9.87. The van der Waals surface area contributed by atoms with Crippen LogP contribution in [0.4, 0.5) is 21.0 Å². The van der Waals surface area contributed by atoms with E-state index in [1.165, 1.54) is 25.3 Å². The molecule has 336 valence electrons. The Morgan fingerprint density at radius 2 is 1.14 bits per heavy atom. The van der Waals surface area contributed by atoms with Gasteiger partial charge in [-0.2, -0.15) is 38.3 Å². The van der Waals surface area contributed by atoms with Gasteiger partial charge in [-0.1, -0.05) is 85.6 Å². The van der Waals surface area contributed by atoms with Gasteiger partial charge in [-0.05, 0) is 133 Å². The minimum absolute atomic E-state index is 0.0518. The molecule has 2 aliphatic heterocycles. The Bertz CT molecular complexity index is 2840. The molecule has 0 radical (unpaired) electrons. The Morgan fingerprint density at radius 3 is 1.86 bits per heavy atom. The Morgan fingerprint density at radius 1 is 0.585 bits per heavy atom. The van der Waals surface area contributed by atoms with Crippen LogP contribution in [0.3, 0.4) is 0 Å². The predicted molar refractivity (Wildman–Crippen MR) is 241 cm³/mol. The van der Waals surface area contributed by atoms with Crippen LogP contribution in [0.2, 0.25) is 0 Å². The molecular formula is C50H54N8O6S. The van der Waals surface area contributed by atoms with Gasteiger partial charge in [-0.25, -0.2) is 9.59 Å². The van der Waals surface area contributed by atoms with Crippen molar-refractivity contribution in [3.8, 4) is 0 Å². The van der Waals surface area contributed by atoms with Crippen LogP contribution in [0.15, 0.2) is 105 Å². The molecule has 4 unspecified atom stereocenters. The average Bonchev–Trinajstić information content (AvgIpc) is 4.19. The number of hydrogen-bond acceptors (Lipinski definition) is 10. The highest BCUT2D eigenvalue weighted by atomic mass is 32.2. The highest BCUT2D eigenvalue weighted by Gasteiger charge is 2.60. The fourth-order valence-corrected chi connectivity index (χ4v) is 16.0. The summed E-state index contributed by atoms with van der Waals surface area (Å²) in [5, 5.41) is 20.4. The second-order valence-electron chi connectivity index (χ2n) is 19.7. The Hall–Kier alpha value is -5.51. The molecule has 6 aliphatic carbocycles. The van der Waals surface area contributed by atoms with Crippen molar-refractivity contribution >= 4 is 33.8 Å². The topological polar surface area (TPSA) is 167 Å². The molecule has 8 aliphatic rings. The lowest BCUT2D eigenvalue weighted by Gasteiger charge is -2.37. The monoisotopic (exact) mass is 894 g/mol. The zero-order valence-corrected chi connectivity index (χ0v) is 37.6. The van der Waals surface area contributed by atoms with Crippen LogP contribution in [-0.4, -0.2) is 69.8 Å². The molecular weight excluding hydrogens is 841 g/mol. The summed E-state index contributed by atoms with van der Waals surface area (Å²) in [6.45, 7) is 0.799. The zero-order valence-electron chi connectivity index (χ0n) is 36.8. The molecule has 8 atom stereocenters. The first kappa shape index (κ1) is 41.0. The highest BCUT2D eigenvalue weighted by molar-refractivity contribution is 7.87. The molecule has 4 fully saturated rings. The Labute approximate surface area is 379 Å². The number of nitrogens with zero attached hydrogens (tertiary/aromatic N) is 6. The van der Waals surface area contributed by atoms with Crippen molar-refractivity contribution in [2.45, 2.75) is 111 Å². The number of rotatable bonds is 8. The molecule has 2 amide bonds. The van der Waals surface area contributed by atoms with E-state index in [1.807, 2.05) is 42.5 Å². The van der Waals surface area contributed by atoms with Gasteiger partial charge in [0.25, 0.3) is 10.2 Å². The molecule has 0 spiro atoms. The number of carbonyl (C=O) groups excluding carboxylic acids is 2. The van der Waals surface area contributed by atoms with Gasteiger partial charge >= 0.3 is 12.2 Å². The summed E-state index contributed by atoms with van der Waals surface area (Å²) in [6.07, 6.45) is 8.47. The van der Waals surface area contributed by atoms with E-state index >= 15 is 8.42 Å². The van der Waals surface area contributed by atoms with Gasteiger partial charge in [0.15, 0.2) is 0 Å². The third kappa shape index (κ3) is 5.86. The van der Waals surface area contributed by atoms with Gasteiger partial charge < -0.3 is 19.3 Å². The van der Waals surface area contributed by atoms with Gasteiger partial charge in [-0.3, -0.25) is 0 Å². The molecule has 2 heterocycles. The maximum Gasteiger partial charge on any atom is 0.409 e. The number of hydrogen-bond donors (Lipinski definition) is 2. The summed E-state index contributed by atoms with van der Waals surface area (Å²) in [7, 11) is -1.49. The molecule has 12 rings (SSSR count). The minimum Gasteiger partial charge on any atom is -0.453 e. The fraction of sp³-hybridized carbons (Fsp3) is 0.480. The van der Waals surface area contributed by atoms with E-state index in [0.29, 0.717) is 63.2 Å². The summed E-state index contributed by atoms with van der Waals surface area (Å²) < 4.78 is 47.1. The maximum atomic E-state index is 15.1. The summed E-state index contributed by atoms with van der Waals surface area (Å²) in [4.78, 5) is 29.8. The number of benzene rings is 4. The third-order valence-corrected chi connectivity index (χ3v) is 18.3. The predicted octanol–water partition coefficient (Wildman–Crippen LogP) is 8.67. The Kier molecular flexibility index (Phi) is 9.29. The molecule has 4 aromatic carbocycles. The smallest absolute Gasteiger partial charge is 0.409 e. The summed E-state index contributed by atoms with van der Waals surface area (Å²) in [5.74, 6) is 0.497. The van der Waals surface area contributed by atoms with Gasteiger partial charge in [0.2, 0.25) is 0 Å². The van der Waals surface area contributed by atoms with Crippen molar-refractivity contribution in [1.82, 2.24) is 19.2 Å². The maximum absolute atomic E-state index is 15.1. The average molecular weight is 895 g/mol. The molecule has 0 aromatic heterocycles. The molecule has 14 nitrogen and oxygen atoms in total. The summed E-state index contributed by atoms with van der Waals surface area (Å²) >= 11 is 0. The lowest BCUT2D eigenvalue weighted by molar-refractivity contribution is 0.112. The number of amides is 2. The van der Waals surface area contributed by atoms with E-state index < -0.39 is 39.0 Å². The summed E-state index contributed by atoms with van der Waals surface area (Å²) in [6, 6.07) is 27.8. The second-order valence-corrected chi connectivity index (χ2v) is 21.1. The first-order valence-electron chi connectivity index (χ1n) is 23.3. The van der Waals surface area contributed by atoms with Gasteiger partial charge in [0, 0.05) is 13.1 Å². The standard InChI is InChI=1S/C50H54N8O6S/c1-63-45(59)57-25-23-49(38-16-6-4-12-32(38)28-43(49)57)54-52-42-20-8-18-40-36(42)30-44-50(40,24-26-58(44)46(60)64-2)56-65(61,62)55-48-22-10-14-34(48)29-35-39(48)17-7-19-41(35)51-53-47-21-9-13-33(47)27-31-11-3-5-15-37(31)47/h3-8,11-12,15-20,33-34,43-44,55-56H,9-10,13-14,21-30H2,1-2H3/t33?,34?,43?,44?,47-,48-,49+,50-/m1/s1. The van der Waals surface area contributed by atoms with Crippen LogP contribution in [0.5, 0.6) is 0 Å². The van der Waals surface area contributed by atoms with Gasteiger partial charge in [-0.15, -0.1) is 0 Å². The second kappa shape index (κ2) is 14.7. The van der Waals surface area contributed by atoms with Crippen LogP contribution in [0.1, 0.15) is 95.9 Å². The molecule has 15 heteroatoms. The zero-order chi connectivity index (χ0) is 44.3. The first-order chi connectivity index (χ1) is 31.5. The number of nitrogens with one attached hydrogen (secondary N) is 2. The van der Waals surface area contributed by atoms with Crippen molar-refractivity contribution in [2.24, 2.45) is 32.3 Å². The molecule has 65 heavy (non-hydrogen) atoms. The number of carbonyl (C=O) groups is 2. The number of ether oxygens (including phenoxy) is 2. The van der Waals surface area contributed by atoms with Crippen molar-refractivity contribution in [1.29, 1.82) is 0 Å². The normalized spacial score (nSPS) is 32.3. The number of likely N-dealkylation sites (tertiary alicyclic amines) is 2. The third-order valence-electron chi connectivity index (χ3n) is 17.0. The van der Waals surface area contributed by atoms with E-state index in [4.69, 9.17) is 29.9 Å². The van der Waals surface area contributed by atoms with Crippen molar-refractivity contribution in [2.75, 3.05) is 27.3 Å². The van der Waals surface area contributed by atoms with Crippen LogP contribution >= 0.6 is 0 Å². The molecule has 2 saturated heterocycles. The SMILES string of the molecule is COC(=O)N1CC[C@]2(N=Nc3cccc4c3CC3N(C(=O)OC)CC[C@@]43NS(=O)(=O)N[C@]34CCCC3Cc3c(N=N[C@]56CCCC5Cc5ccccc56)cccc34)c3ccccc3CC12. The largest absolute Gasteiger partial charge is 0.453 e. The highest BCUT2D eigenvalue weighted by Crippen LogP contribution is 2.58. The first-order valence-corrected chi connectivity index (χ1v) is 24.8. The van der Waals surface area contributed by atoms with Gasteiger partial charge in [0.05, 0.1) is 48.8 Å². The van der Waals surface area contributed by atoms with E-state index in [1.54, 1.807) is 9.80 Å². The van der Waals surface area contributed by atoms with Crippen LogP contribution < -0.4 is 9.44 Å². The van der Waals surface area contributed by atoms with Crippen LogP contribution in [-0.2, 0) is 67.5 Å². The van der Waals surface area contributed by atoms with Crippen LogP contribution in [0.25, 0.3) is 0 Å². The van der Waals surface area contributed by atoms with E-state index in [-0.39, 0.29) is 23.6 Å². The van der Waals surface area contributed by atoms with Crippen molar-refractivity contribution in [3.05, 3.63) is 129 Å². The molecule has 4 aromatic rings. The Balaban J connectivity index is 0.878.